The van der Waals surface area contributed by atoms with Crippen LogP contribution in [0.15, 0.2) is 66.7 Å². The van der Waals surface area contributed by atoms with Crippen LogP contribution in [0, 0.1) is 6.92 Å². The maximum absolute atomic E-state index is 13.0. The fraction of sp³-hybridized carbons (Fsp3) is 0.120. The Bertz CT molecular complexity index is 1270. The number of nitrogens with one attached hydrogen (secondary N) is 2. The highest BCUT2D eigenvalue weighted by molar-refractivity contribution is 6.35. The van der Waals surface area contributed by atoms with Crippen molar-refractivity contribution in [1.29, 1.82) is 0 Å². The van der Waals surface area contributed by atoms with Gasteiger partial charge in [0.15, 0.2) is 0 Å². The highest BCUT2D eigenvalue weighted by Crippen LogP contribution is 2.31. The van der Waals surface area contributed by atoms with Crippen molar-refractivity contribution in [2.45, 2.75) is 13.8 Å². The monoisotopic (exact) mass is 427 g/mol. The van der Waals surface area contributed by atoms with Gasteiger partial charge in [-0.05, 0) is 61.9 Å². The first kappa shape index (κ1) is 21.0. The van der Waals surface area contributed by atoms with Crippen molar-refractivity contribution in [3.05, 3.63) is 94.5 Å². The number of imide groups is 1. The third kappa shape index (κ3) is 3.76. The van der Waals surface area contributed by atoms with E-state index in [1.54, 1.807) is 36.4 Å². The third-order valence-corrected chi connectivity index (χ3v) is 5.23. The van der Waals surface area contributed by atoms with E-state index in [4.69, 9.17) is 0 Å². The maximum atomic E-state index is 13.0. The molecule has 1 aliphatic rings. The molecule has 0 radical (unpaired) electrons. The summed E-state index contributed by atoms with van der Waals surface area (Å²) in [6.45, 7) is 4.15. The SMILES string of the molecule is CCNC(=O)c1cccc(NC(=O)c2ccc3c(c2)C(=O)N(c2ccccc2C)C3=O)c1. The third-order valence-electron chi connectivity index (χ3n) is 5.23. The summed E-state index contributed by atoms with van der Waals surface area (Å²) < 4.78 is 0. The molecule has 0 saturated carbocycles. The number of para-hydroxylation sites is 1. The van der Waals surface area contributed by atoms with Gasteiger partial charge < -0.3 is 10.6 Å². The molecule has 0 spiro atoms. The Morgan fingerprint density at radius 3 is 2.28 bits per heavy atom. The van der Waals surface area contributed by atoms with Gasteiger partial charge in [-0.25, -0.2) is 4.90 Å². The lowest BCUT2D eigenvalue weighted by Crippen LogP contribution is -2.29. The lowest BCUT2D eigenvalue weighted by Gasteiger charge is -2.16. The molecule has 160 valence electrons. The number of carbonyl (C=O) groups excluding carboxylic acids is 4. The van der Waals surface area contributed by atoms with Gasteiger partial charge in [-0.15, -0.1) is 0 Å². The number of hydrogen-bond donors (Lipinski definition) is 2. The second-order valence-corrected chi connectivity index (χ2v) is 7.39. The number of anilines is 2. The number of amides is 4. The molecule has 7 heteroatoms. The van der Waals surface area contributed by atoms with E-state index in [0.29, 0.717) is 23.5 Å². The van der Waals surface area contributed by atoms with Gasteiger partial charge in [0.05, 0.1) is 16.8 Å². The second-order valence-electron chi connectivity index (χ2n) is 7.39. The summed E-state index contributed by atoms with van der Waals surface area (Å²) in [5.74, 6) is -1.56. The molecule has 2 N–H and O–H groups in total. The van der Waals surface area contributed by atoms with E-state index in [1.165, 1.54) is 18.2 Å². The highest BCUT2D eigenvalue weighted by Gasteiger charge is 2.37. The van der Waals surface area contributed by atoms with Crippen LogP contribution in [-0.4, -0.2) is 30.2 Å². The normalized spacial score (nSPS) is 12.5. The first-order chi connectivity index (χ1) is 15.4. The van der Waals surface area contributed by atoms with Crippen LogP contribution in [0.25, 0.3) is 0 Å². The van der Waals surface area contributed by atoms with Gasteiger partial charge in [0.25, 0.3) is 23.6 Å². The number of rotatable bonds is 5. The van der Waals surface area contributed by atoms with Gasteiger partial charge in [-0.2, -0.15) is 0 Å². The average Bonchev–Trinajstić information content (AvgIpc) is 3.04. The predicted molar refractivity (Wildman–Crippen MR) is 121 cm³/mol. The number of benzene rings is 3. The quantitative estimate of drug-likeness (QED) is 0.606. The molecular formula is C25H21N3O4. The summed E-state index contributed by atoms with van der Waals surface area (Å²) in [5, 5.41) is 5.44. The molecule has 3 aromatic rings. The van der Waals surface area contributed by atoms with Crippen molar-refractivity contribution in [3.63, 3.8) is 0 Å². The van der Waals surface area contributed by atoms with E-state index in [0.717, 1.165) is 10.5 Å². The maximum Gasteiger partial charge on any atom is 0.266 e. The zero-order chi connectivity index (χ0) is 22.8. The van der Waals surface area contributed by atoms with E-state index in [1.807, 2.05) is 26.0 Å². The molecule has 0 saturated heterocycles. The van der Waals surface area contributed by atoms with Crippen LogP contribution in [0.4, 0.5) is 11.4 Å². The molecule has 0 unspecified atom stereocenters. The Balaban J connectivity index is 1.59. The van der Waals surface area contributed by atoms with Crippen molar-refractivity contribution in [2.75, 3.05) is 16.8 Å². The fourth-order valence-corrected chi connectivity index (χ4v) is 3.62. The van der Waals surface area contributed by atoms with Crippen LogP contribution in [0.2, 0.25) is 0 Å². The van der Waals surface area contributed by atoms with Crippen LogP contribution in [0.1, 0.15) is 53.9 Å². The highest BCUT2D eigenvalue weighted by atomic mass is 16.2. The Morgan fingerprint density at radius 1 is 0.812 bits per heavy atom. The van der Waals surface area contributed by atoms with Gasteiger partial charge in [-0.1, -0.05) is 24.3 Å². The van der Waals surface area contributed by atoms with E-state index in [9.17, 15) is 19.2 Å². The Labute approximate surface area is 185 Å². The van der Waals surface area contributed by atoms with E-state index in [-0.39, 0.29) is 22.6 Å². The molecule has 0 bridgehead atoms. The van der Waals surface area contributed by atoms with Gasteiger partial charge in [0.2, 0.25) is 0 Å². The van der Waals surface area contributed by atoms with Crippen LogP contribution in [0.5, 0.6) is 0 Å². The predicted octanol–water partition coefficient (Wildman–Crippen LogP) is 3.80. The summed E-state index contributed by atoms with van der Waals surface area (Å²) in [7, 11) is 0. The van der Waals surface area contributed by atoms with Gasteiger partial charge in [0, 0.05) is 23.4 Å². The molecule has 0 fully saturated rings. The van der Waals surface area contributed by atoms with Gasteiger partial charge in [-0.3, -0.25) is 19.2 Å². The Hall–Kier alpha value is -4.26. The minimum atomic E-state index is -0.466. The lowest BCUT2D eigenvalue weighted by atomic mass is 10.1. The molecule has 0 atom stereocenters. The number of nitrogens with zero attached hydrogens (tertiary/aromatic N) is 1. The molecule has 3 aromatic carbocycles. The minimum absolute atomic E-state index is 0.182. The van der Waals surface area contributed by atoms with Gasteiger partial charge >= 0.3 is 0 Å². The van der Waals surface area contributed by atoms with Crippen molar-refractivity contribution in [2.24, 2.45) is 0 Å². The number of aryl methyl sites for hydroxylation is 1. The van der Waals surface area contributed by atoms with E-state index < -0.39 is 17.7 Å². The average molecular weight is 427 g/mol. The summed E-state index contributed by atoms with van der Waals surface area (Å²) in [6, 6.07) is 18.1. The number of hydrogen-bond acceptors (Lipinski definition) is 4. The fourth-order valence-electron chi connectivity index (χ4n) is 3.62. The first-order valence-electron chi connectivity index (χ1n) is 10.2. The molecule has 4 rings (SSSR count). The molecule has 32 heavy (non-hydrogen) atoms. The summed E-state index contributed by atoms with van der Waals surface area (Å²) in [4.78, 5) is 51.8. The first-order valence-corrected chi connectivity index (χ1v) is 10.2. The summed E-state index contributed by atoms with van der Waals surface area (Å²) in [6.07, 6.45) is 0. The number of carbonyl (C=O) groups is 4. The zero-order valence-corrected chi connectivity index (χ0v) is 17.6. The van der Waals surface area contributed by atoms with Crippen molar-refractivity contribution >= 4 is 35.0 Å². The van der Waals surface area contributed by atoms with Crippen molar-refractivity contribution in [1.82, 2.24) is 5.32 Å². The second kappa shape index (κ2) is 8.47. The standard InChI is InChI=1S/C25H21N3O4/c1-3-26-22(29)16-8-6-9-18(13-16)27-23(30)17-11-12-19-20(14-17)25(32)28(24(19)31)21-10-5-4-7-15(21)2/h4-14H,3H2,1-2H3,(H,26,29)(H,27,30). The topological polar surface area (TPSA) is 95.6 Å². The molecule has 1 heterocycles. The van der Waals surface area contributed by atoms with E-state index in [2.05, 4.69) is 10.6 Å². The molecule has 1 aliphatic heterocycles. The minimum Gasteiger partial charge on any atom is -0.352 e. The van der Waals surface area contributed by atoms with Crippen LogP contribution < -0.4 is 15.5 Å². The summed E-state index contributed by atoms with van der Waals surface area (Å²) >= 11 is 0. The molecule has 7 nitrogen and oxygen atoms in total. The number of fused-ring (bicyclic) bond motifs is 1. The largest absolute Gasteiger partial charge is 0.352 e. The molecular weight excluding hydrogens is 406 g/mol. The molecule has 0 aromatic heterocycles. The lowest BCUT2D eigenvalue weighted by molar-refractivity contribution is 0.0922. The van der Waals surface area contributed by atoms with Crippen LogP contribution in [-0.2, 0) is 0 Å². The van der Waals surface area contributed by atoms with Crippen LogP contribution in [0.3, 0.4) is 0 Å². The Morgan fingerprint density at radius 2 is 1.53 bits per heavy atom. The van der Waals surface area contributed by atoms with Crippen molar-refractivity contribution in [3.8, 4) is 0 Å². The van der Waals surface area contributed by atoms with Crippen molar-refractivity contribution < 1.29 is 19.2 Å². The van der Waals surface area contributed by atoms with Crippen LogP contribution >= 0.6 is 0 Å². The molecule has 0 aliphatic carbocycles. The van der Waals surface area contributed by atoms with E-state index >= 15 is 0 Å². The smallest absolute Gasteiger partial charge is 0.266 e. The van der Waals surface area contributed by atoms with Gasteiger partial charge in [0.1, 0.15) is 0 Å². The zero-order valence-electron chi connectivity index (χ0n) is 17.6. The Kier molecular flexibility index (Phi) is 5.55. The molecule has 4 amide bonds. The summed E-state index contributed by atoms with van der Waals surface area (Å²) in [5.41, 5.74) is 2.87.